The standard InChI is InChI=1S/C19H14BrFN2O2/c20-18-8-7-13(21)10-17(18)19(24)23-14-5-3-6-16(11-14)25-12-15-4-1-2-9-22-15/h1-11H,12H2,(H,23,24). The fourth-order valence-electron chi connectivity index (χ4n) is 2.17. The molecule has 6 heteroatoms. The molecular weight excluding hydrogens is 387 g/mol. The second kappa shape index (κ2) is 7.90. The van der Waals surface area contributed by atoms with Gasteiger partial charge in [0, 0.05) is 22.4 Å². The normalized spacial score (nSPS) is 10.3. The third-order valence-corrected chi connectivity index (χ3v) is 4.07. The highest BCUT2D eigenvalue weighted by Crippen LogP contribution is 2.22. The molecule has 0 aliphatic heterocycles. The Morgan fingerprint density at radius 1 is 1.12 bits per heavy atom. The van der Waals surface area contributed by atoms with Crippen LogP contribution in [0.2, 0.25) is 0 Å². The van der Waals surface area contributed by atoms with Gasteiger partial charge in [0.05, 0.1) is 11.3 Å². The zero-order valence-electron chi connectivity index (χ0n) is 13.1. The first-order valence-corrected chi connectivity index (χ1v) is 8.30. The van der Waals surface area contributed by atoms with Gasteiger partial charge >= 0.3 is 0 Å². The van der Waals surface area contributed by atoms with Crippen molar-refractivity contribution in [2.45, 2.75) is 6.61 Å². The maximum atomic E-state index is 13.3. The molecule has 0 aliphatic carbocycles. The number of nitrogens with one attached hydrogen (secondary N) is 1. The Hall–Kier alpha value is -2.73. The van der Waals surface area contributed by atoms with Gasteiger partial charge in [-0.1, -0.05) is 12.1 Å². The second-order valence-corrected chi connectivity index (χ2v) is 6.07. The Balaban J connectivity index is 1.69. The molecule has 1 N–H and O–H groups in total. The third-order valence-electron chi connectivity index (χ3n) is 3.38. The lowest BCUT2D eigenvalue weighted by molar-refractivity contribution is 0.102. The molecule has 0 bridgehead atoms. The summed E-state index contributed by atoms with van der Waals surface area (Å²) in [5.41, 5.74) is 1.58. The Morgan fingerprint density at radius 3 is 2.80 bits per heavy atom. The monoisotopic (exact) mass is 400 g/mol. The van der Waals surface area contributed by atoms with Gasteiger partial charge < -0.3 is 10.1 Å². The van der Waals surface area contributed by atoms with Gasteiger partial charge in [-0.3, -0.25) is 9.78 Å². The lowest BCUT2D eigenvalue weighted by Gasteiger charge is -2.10. The van der Waals surface area contributed by atoms with Crippen molar-refractivity contribution in [2.75, 3.05) is 5.32 Å². The molecule has 0 saturated heterocycles. The van der Waals surface area contributed by atoms with Gasteiger partial charge in [0.15, 0.2) is 0 Å². The summed E-state index contributed by atoms with van der Waals surface area (Å²) in [4.78, 5) is 16.5. The van der Waals surface area contributed by atoms with E-state index in [0.717, 1.165) is 5.69 Å². The summed E-state index contributed by atoms with van der Waals surface area (Å²) in [6.07, 6.45) is 1.70. The molecule has 1 heterocycles. The molecule has 0 radical (unpaired) electrons. The molecule has 0 saturated carbocycles. The molecular formula is C19H14BrFN2O2. The molecule has 126 valence electrons. The molecule has 0 aliphatic rings. The van der Waals surface area contributed by atoms with E-state index in [1.54, 1.807) is 30.5 Å². The first-order chi connectivity index (χ1) is 12.1. The van der Waals surface area contributed by atoms with E-state index >= 15 is 0 Å². The Morgan fingerprint density at radius 2 is 2.00 bits per heavy atom. The zero-order chi connectivity index (χ0) is 17.6. The minimum Gasteiger partial charge on any atom is -0.487 e. The molecule has 0 spiro atoms. The van der Waals surface area contributed by atoms with Gasteiger partial charge in [0.2, 0.25) is 0 Å². The SMILES string of the molecule is O=C(Nc1cccc(OCc2ccccn2)c1)c1cc(F)ccc1Br. The Bertz CT molecular complexity index is 888. The lowest BCUT2D eigenvalue weighted by Crippen LogP contribution is -2.13. The summed E-state index contributed by atoms with van der Waals surface area (Å²) in [5.74, 6) is -0.282. The lowest BCUT2D eigenvalue weighted by atomic mass is 10.2. The molecule has 1 aromatic heterocycles. The van der Waals surface area contributed by atoms with Crippen LogP contribution in [-0.4, -0.2) is 10.9 Å². The van der Waals surface area contributed by atoms with Crippen molar-refractivity contribution in [1.82, 2.24) is 4.98 Å². The first-order valence-electron chi connectivity index (χ1n) is 7.51. The molecule has 2 aromatic carbocycles. The van der Waals surface area contributed by atoms with Crippen molar-refractivity contribution in [1.29, 1.82) is 0 Å². The average Bonchev–Trinajstić information content (AvgIpc) is 2.63. The number of hydrogen-bond donors (Lipinski definition) is 1. The number of amides is 1. The van der Waals surface area contributed by atoms with Crippen LogP contribution in [0, 0.1) is 5.82 Å². The predicted molar refractivity (Wildman–Crippen MR) is 97.1 cm³/mol. The maximum absolute atomic E-state index is 13.3. The Kier molecular flexibility index (Phi) is 5.40. The molecule has 0 fully saturated rings. The summed E-state index contributed by atoms with van der Waals surface area (Å²) in [7, 11) is 0. The van der Waals surface area contributed by atoms with E-state index in [1.165, 1.54) is 18.2 Å². The van der Waals surface area contributed by atoms with E-state index < -0.39 is 11.7 Å². The van der Waals surface area contributed by atoms with Crippen molar-refractivity contribution >= 4 is 27.5 Å². The number of halogens is 2. The highest BCUT2D eigenvalue weighted by molar-refractivity contribution is 9.10. The zero-order valence-corrected chi connectivity index (χ0v) is 14.7. The van der Waals surface area contributed by atoms with Crippen LogP contribution in [0.25, 0.3) is 0 Å². The van der Waals surface area contributed by atoms with E-state index in [-0.39, 0.29) is 5.56 Å². The van der Waals surface area contributed by atoms with Crippen molar-refractivity contribution < 1.29 is 13.9 Å². The van der Waals surface area contributed by atoms with E-state index in [2.05, 4.69) is 26.2 Å². The maximum Gasteiger partial charge on any atom is 0.256 e. The van der Waals surface area contributed by atoms with Gasteiger partial charge in [-0.2, -0.15) is 0 Å². The van der Waals surface area contributed by atoms with Crippen molar-refractivity contribution in [3.05, 3.63) is 88.4 Å². The van der Waals surface area contributed by atoms with Crippen LogP contribution in [-0.2, 0) is 6.61 Å². The highest BCUT2D eigenvalue weighted by atomic mass is 79.9. The molecule has 0 unspecified atom stereocenters. The van der Waals surface area contributed by atoms with Gasteiger partial charge in [0.25, 0.3) is 5.91 Å². The summed E-state index contributed by atoms with van der Waals surface area (Å²) in [6, 6.07) is 16.5. The van der Waals surface area contributed by atoms with E-state index in [1.807, 2.05) is 18.2 Å². The molecule has 0 atom stereocenters. The summed E-state index contributed by atoms with van der Waals surface area (Å²) in [6.45, 7) is 0.327. The van der Waals surface area contributed by atoms with Crippen molar-refractivity contribution in [3.8, 4) is 5.75 Å². The minimum atomic E-state index is -0.471. The van der Waals surface area contributed by atoms with Gasteiger partial charge in [-0.05, 0) is 58.4 Å². The highest BCUT2D eigenvalue weighted by Gasteiger charge is 2.12. The van der Waals surface area contributed by atoms with Crippen LogP contribution in [0.3, 0.4) is 0 Å². The molecule has 1 amide bonds. The molecule has 3 aromatic rings. The third kappa shape index (κ3) is 4.64. The summed E-state index contributed by atoms with van der Waals surface area (Å²) in [5, 5.41) is 2.73. The van der Waals surface area contributed by atoms with Crippen molar-refractivity contribution in [3.63, 3.8) is 0 Å². The van der Waals surface area contributed by atoms with Gasteiger partial charge in [-0.15, -0.1) is 0 Å². The van der Waals surface area contributed by atoms with Gasteiger partial charge in [-0.25, -0.2) is 4.39 Å². The molecule has 25 heavy (non-hydrogen) atoms. The molecule has 3 rings (SSSR count). The fraction of sp³-hybridized carbons (Fsp3) is 0.0526. The predicted octanol–water partition coefficient (Wildman–Crippen LogP) is 4.81. The summed E-state index contributed by atoms with van der Waals surface area (Å²) >= 11 is 3.25. The number of carbonyl (C=O) groups excluding carboxylic acids is 1. The largest absolute Gasteiger partial charge is 0.487 e. The number of anilines is 1. The number of carbonyl (C=O) groups is 1. The number of hydrogen-bond acceptors (Lipinski definition) is 3. The van der Waals surface area contributed by atoms with Crippen LogP contribution >= 0.6 is 15.9 Å². The van der Waals surface area contributed by atoms with Gasteiger partial charge in [0.1, 0.15) is 18.2 Å². The van der Waals surface area contributed by atoms with Crippen LogP contribution in [0.5, 0.6) is 5.75 Å². The fourth-order valence-corrected chi connectivity index (χ4v) is 2.60. The second-order valence-electron chi connectivity index (χ2n) is 5.22. The smallest absolute Gasteiger partial charge is 0.256 e. The quantitative estimate of drug-likeness (QED) is 0.668. The van der Waals surface area contributed by atoms with E-state index in [0.29, 0.717) is 22.5 Å². The molecule has 4 nitrogen and oxygen atoms in total. The van der Waals surface area contributed by atoms with E-state index in [9.17, 15) is 9.18 Å². The summed E-state index contributed by atoms with van der Waals surface area (Å²) < 4.78 is 19.5. The van der Waals surface area contributed by atoms with E-state index in [4.69, 9.17) is 4.74 Å². The van der Waals surface area contributed by atoms with Crippen molar-refractivity contribution in [2.24, 2.45) is 0 Å². The van der Waals surface area contributed by atoms with Crippen LogP contribution in [0.15, 0.2) is 71.3 Å². The average molecular weight is 401 g/mol. The number of benzene rings is 2. The first kappa shape index (κ1) is 17.1. The number of pyridine rings is 1. The topological polar surface area (TPSA) is 51.2 Å². The minimum absolute atomic E-state index is 0.222. The van der Waals surface area contributed by atoms with Crippen LogP contribution in [0.1, 0.15) is 16.1 Å². The number of aromatic nitrogens is 1. The number of ether oxygens (including phenoxy) is 1. The Labute approximate surface area is 152 Å². The van der Waals surface area contributed by atoms with Crippen LogP contribution in [0.4, 0.5) is 10.1 Å². The number of rotatable bonds is 5. The van der Waals surface area contributed by atoms with Crippen LogP contribution < -0.4 is 10.1 Å². The number of nitrogens with zero attached hydrogens (tertiary/aromatic N) is 1.